The second kappa shape index (κ2) is 9.33. The molecule has 0 N–H and O–H groups in total. The lowest BCUT2D eigenvalue weighted by Gasteiger charge is -2.38. The van der Waals surface area contributed by atoms with E-state index in [9.17, 15) is 18.8 Å². The van der Waals surface area contributed by atoms with Gasteiger partial charge in [0.25, 0.3) is 0 Å². The van der Waals surface area contributed by atoms with Crippen molar-refractivity contribution in [1.29, 1.82) is 0 Å². The summed E-state index contributed by atoms with van der Waals surface area (Å²) in [5, 5.41) is 0. The van der Waals surface area contributed by atoms with E-state index >= 15 is 0 Å². The summed E-state index contributed by atoms with van der Waals surface area (Å²) in [7, 11) is 0. The molecular formula is C25H31FN4O3. The Hall–Kier alpha value is -2.61. The number of halogens is 1. The van der Waals surface area contributed by atoms with Gasteiger partial charge >= 0.3 is 11.4 Å². The van der Waals surface area contributed by atoms with E-state index in [1.54, 1.807) is 10.6 Å². The number of benzene rings is 1. The van der Waals surface area contributed by atoms with Gasteiger partial charge in [0.15, 0.2) is 5.78 Å². The van der Waals surface area contributed by atoms with Crippen molar-refractivity contribution in [1.82, 2.24) is 19.0 Å². The molecule has 0 aliphatic carbocycles. The molecule has 4 heterocycles. The van der Waals surface area contributed by atoms with Crippen LogP contribution in [0.5, 0.6) is 0 Å². The van der Waals surface area contributed by atoms with Gasteiger partial charge < -0.3 is 0 Å². The number of rotatable bonds is 7. The Kier molecular flexibility index (Phi) is 6.27. The molecule has 2 bridgehead atoms. The van der Waals surface area contributed by atoms with Crippen molar-refractivity contribution in [3.05, 3.63) is 62.4 Å². The van der Waals surface area contributed by atoms with Crippen molar-refractivity contribution in [3.63, 3.8) is 0 Å². The highest BCUT2D eigenvalue weighted by atomic mass is 19.1. The Bertz CT molecular complexity index is 1140. The van der Waals surface area contributed by atoms with E-state index in [-0.39, 0.29) is 24.7 Å². The number of aryl methyl sites for hydroxylation is 2. The van der Waals surface area contributed by atoms with Crippen LogP contribution in [0.25, 0.3) is 0 Å². The first-order valence-electron chi connectivity index (χ1n) is 12.2. The number of carbonyl (C=O) groups is 1. The van der Waals surface area contributed by atoms with Crippen molar-refractivity contribution in [3.8, 4) is 0 Å². The molecule has 33 heavy (non-hydrogen) atoms. The Labute approximate surface area is 192 Å². The molecule has 3 aliphatic rings. The van der Waals surface area contributed by atoms with E-state index in [4.69, 9.17) is 0 Å². The Balaban J connectivity index is 1.20. The molecule has 3 aliphatic heterocycles. The van der Waals surface area contributed by atoms with Gasteiger partial charge in [0.05, 0.1) is 13.1 Å². The number of nitrogens with zero attached hydrogens (tertiary/aromatic N) is 4. The number of carbonyl (C=O) groups excluding carboxylic acids is 1. The van der Waals surface area contributed by atoms with Crippen molar-refractivity contribution in [2.24, 2.45) is 5.92 Å². The fourth-order valence-corrected chi connectivity index (χ4v) is 6.04. The number of hydrogen-bond donors (Lipinski definition) is 0. The highest BCUT2D eigenvalue weighted by Crippen LogP contribution is 2.40. The van der Waals surface area contributed by atoms with E-state index in [0.717, 1.165) is 61.5 Å². The maximum absolute atomic E-state index is 13.9. The van der Waals surface area contributed by atoms with Crippen molar-refractivity contribution < 1.29 is 9.18 Å². The van der Waals surface area contributed by atoms with Crippen LogP contribution in [0.2, 0.25) is 0 Å². The predicted octanol–water partition coefficient (Wildman–Crippen LogP) is 2.33. The first-order chi connectivity index (χ1) is 16.0. The monoisotopic (exact) mass is 454 g/mol. The van der Waals surface area contributed by atoms with Crippen LogP contribution in [0, 0.1) is 11.7 Å². The zero-order chi connectivity index (χ0) is 22.9. The zero-order valence-electron chi connectivity index (χ0n) is 18.9. The third-order valence-electron chi connectivity index (χ3n) is 7.72. The number of Topliss-reactive ketones (excluding diaryl/α,β-unsaturated/α-hetero) is 1. The van der Waals surface area contributed by atoms with Gasteiger partial charge in [-0.3, -0.25) is 14.3 Å². The highest BCUT2D eigenvalue weighted by molar-refractivity contribution is 5.80. The second-order valence-corrected chi connectivity index (χ2v) is 9.85. The minimum Gasteiger partial charge on any atom is -0.296 e. The van der Waals surface area contributed by atoms with Gasteiger partial charge in [-0.05, 0) is 68.9 Å². The molecule has 1 aromatic heterocycles. The third kappa shape index (κ3) is 4.58. The van der Waals surface area contributed by atoms with Crippen LogP contribution in [-0.4, -0.2) is 43.4 Å². The molecule has 2 atom stereocenters. The van der Waals surface area contributed by atoms with Crippen LogP contribution >= 0.6 is 0 Å². The largest absolute Gasteiger partial charge is 0.353 e. The average Bonchev–Trinajstić information content (AvgIpc) is 3.03. The topological polar surface area (TPSA) is 77.2 Å². The van der Waals surface area contributed by atoms with Gasteiger partial charge in [0.1, 0.15) is 11.6 Å². The lowest BCUT2D eigenvalue weighted by atomic mass is 9.86. The van der Waals surface area contributed by atoms with E-state index in [1.165, 1.54) is 6.07 Å². The quantitative estimate of drug-likeness (QED) is 0.642. The number of piperidine rings is 1. The molecule has 1 aromatic carbocycles. The third-order valence-corrected chi connectivity index (χ3v) is 7.72. The standard InChI is InChI=1S/C25H31FN4O3/c26-22-6-2-1-5-18(22)9-8-17-13-19-10-11-20(14-17)29(19)15-21(31)16-30-24(32)27-23-7-3-4-12-28(23)25(30)33/h1-2,5-6,17,19-20H,3-4,7-16H2. The summed E-state index contributed by atoms with van der Waals surface area (Å²) < 4.78 is 16.5. The van der Waals surface area contributed by atoms with Gasteiger partial charge in [0.2, 0.25) is 0 Å². The summed E-state index contributed by atoms with van der Waals surface area (Å²) >= 11 is 0. The molecule has 0 saturated carbocycles. The Morgan fingerprint density at radius 3 is 2.58 bits per heavy atom. The number of fused-ring (bicyclic) bond motifs is 3. The maximum Gasteiger partial charge on any atom is 0.353 e. The minimum atomic E-state index is -0.615. The Morgan fingerprint density at radius 1 is 1.06 bits per heavy atom. The Morgan fingerprint density at radius 2 is 1.82 bits per heavy atom. The molecule has 0 amide bonds. The summed E-state index contributed by atoms with van der Waals surface area (Å²) in [5.41, 5.74) is -0.248. The van der Waals surface area contributed by atoms with Crippen LogP contribution in [0.15, 0.2) is 33.9 Å². The second-order valence-electron chi connectivity index (χ2n) is 9.85. The molecule has 7 nitrogen and oxygen atoms in total. The number of hydrogen-bond acceptors (Lipinski definition) is 5. The number of ketones is 1. The zero-order valence-corrected chi connectivity index (χ0v) is 18.9. The van der Waals surface area contributed by atoms with Crippen LogP contribution < -0.4 is 11.4 Å². The number of aromatic nitrogens is 3. The lowest BCUT2D eigenvalue weighted by molar-refractivity contribution is -0.122. The van der Waals surface area contributed by atoms with E-state index < -0.39 is 11.4 Å². The fourth-order valence-electron chi connectivity index (χ4n) is 6.04. The van der Waals surface area contributed by atoms with E-state index in [0.29, 0.717) is 36.8 Å². The van der Waals surface area contributed by atoms with Gasteiger partial charge in [0, 0.05) is 25.0 Å². The highest BCUT2D eigenvalue weighted by Gasteiger charge is 2.41. The summed E-state index contributed by atoms with van der Waals surface area (Å²) in [6.45, 7) is 0.612. The minimum absolute atomic E-state index is 0.117. The molecule has 176 valence electrons. The smallest absolute Gasteiger partial charge is 0.296 e. The van der Waals surface area contributed by atoms with E-state index in [1.807, 2.05) is 12.1 Å². The molecular weight excluding hydrogens is 423 g/mol. The van der Waals surface area contributed by atoms with Gasteiger partial charge in [-0.1, -0.05) is 18.2 Å². The van der Waals surface area contributed by atoms with Crippen LogP contribution in [0.1, 0.15) is 56.3 Å². The average molecular weight is 455 g/mol. The normalized spacial score (nSPS) is 24.6. The van der Waals surface area contributed by atoms with Crippen molar-refractivity contribution >= 4 is 5.78 Å². The van der Waals surface area contributed by atoms with Crippen molar-refractivity contribution in [2.45, 2.75) is 83.0 Å². The summed E-state index contributed by atoms with van der Waals surface area (Å²) in [5.74, 6) is 0.821. The van der Waals surface area contributed by atoms with Crippen LogP contribution in [-0.2, 0) is 30.7 Å². The molecule has 0 spiro atoms. The first kappa shape index (κ1) is 22.2. The lowest BCUT2D eigenvalue weighted by Crippen LogP contribution is -2.49. The fraction of sp³-hybridized carbons (Fsp3) is 0.600. The van der Waals surface area contributed by atoms with Crippen LogP contribution in [0.3, 0.4) is 0 Å². The van der Waals surface area contributed by atoms with Gasteiger partial charge in [-0.15, -0.1) is 0 Å². The van der Waals surface area contributed by atoms with Gasteiger partial charge in [-0.2, -0.15) is 4.98 Å². The summed E-state index contributed by atoms with van der Waals surface area (Å²) in [6, 6.07) is 7.67. The molecule has 2 unspecified atom stereocenters. The van der Waals surface area contributed by atoms with Gasteiger partial charge in [-0.25, -0.2) is 18.5 Å². The summed E-state index contributed by atoms with van der Waals surface area (Å²) in [6.07, 6.45) is 8.31. The summed E-state index contributed by atoms with van der Waals surface area (Å²) in [4.78, 5) is 44.3. The van der Waals surface area contributed by atoms with Crippen molar-refractivity contribution in [2.75, 3.05) is 6.54 Å². The molecule has 5 rings (SSSR count). The van der Waals surface area contributed by atoms with Crippen LogP contribution in [0.4, 0.5) is 4.39 Å². The predicted molar refractivity (Wildman–Crippen MR) is 122 cm³/mol. The van der Waals surface area contributed by atoms with E-state index in [2.05, 4.69) is 9.88 Å². The molecule has 0 radical (unpaired) electrons. The molecule has 2 fully saturated rings. The first-order valence-corrected chi connectivity index (χ1v) is 12.2. The maximum atomic E-state index is 13.9. The molecule has 2 saturated heterocycles. The SMILES string of the molecule is O=C(CN1C2CCC1CC(CCc1ccccc1F)C2)Cn1c(=O)nc2n(c1=O)CCCC2. The molecule has 8 heteroatoms. The molecule has 2 aromatic rings.